The molecule has 1 atom stereocenters. The van der Waals surface area contributed by atoms with E-state index in [1.165, 1.54) is 12.1 Å². The van der Waals surface area contributed by atoms with E-state index in [-0.39, 0.29) is 17.7 Å². The first-order chi connectivity index (χ1) is 8.45. The minimum absolute atomic E-state index is 0.0218. The highest BCUT2D eigenvalue weighted by Gasteiger charge is 2.19. The van der Waals surface area contributed by atoms with E-state index in [2.05, 4.69) is 11.2 Å². The van der Waals surface area contributed by atoms with Gasteiger partial charge in [0.2, 0.25) is 0 Å². The first-order valence-corrected chi connectivity index (χ1v) is 5.22. The summed E-state index contributed by atoms with van der Waals surface area (Å²) >= 11 is 0. The topological polar surface area (TPSA) is 86.6 Å². The van der Waals surface area contributed by atoms with Gasteiger partial charge in [0.1, 0.15) is 11.8 Å². The van der Waals surface area contributed by atoms with Gasteiger partial charge in [-0.1, -0.05) is 6.07 Å². The van der Waals surface area contributed by atoms with Crippen LogP contribution in [0.5, 0.6) is 5.75 Å². The number of benzene rings is 1. The molecule has 0 saturated heterocycles. The largest absolute Gasteiger partial charge is 0.508 e. The van der Waals surface area contributed by atoms with Crippen molar-refractivity contribution in [3.05, 3.63) is 29.3 Å². The van der Waals surface area contributed by atoms with Crippen molar-refractivity contribution in [2.75, 3.05) is 0 Å². The summed E-state index contributed by atoms with van der Waals surface area (Å²) in [5.74, 6) is 0.373. The number of phenolic OH excluding ortho intramolecular Hbond substituents is 1. The molecule has 1 amide bonds. The normalized spacial score (nSPS) is 11.3. The molecule has 1 unspecified atom stereocenters. The number of carboxylic acids is 1. The fourth-order valence-corrected chi connectivity index (χ4v) is 1.31. The van der Waals surface area contributed by atoms with E-state index in [9.17, 15) is 14.7 Å². The Balaban J connectivity index is 2.84. The second-order valence-corrected chi connectivity index (χ2v) is 3.77. The molecule has 0 aromatic heterocycles. The Morgan fingerprint density at radius 3 is 2.67 bits per heavy atom. The van der Waals surface area contributed by atoms with Gasteiger partial charge in [0.15, 0.2) is 0 Å². The Morgan fingerprint density at radius 1 is 1.50 bits per heavy atom. The molecular formula is C13H13NO4. The third-order valence-corrected chi connectivity index (χ3v) is 2.40. The summed E-state index contributed by atoms with van der Waals surface area (Å²) in [5, 5.41) is 20.6. The number of aliphatic carboxylic acids is 1. The van der Waals surface area contributed by atoms with Crippen LogP contribution in [0.1, 0.15) is 22.3 Å². The number of nitrogens with one attached hydrogen (secondary N) is 1. The first-order valence-electron chi connectivity index (χ1n) is 5.22. The number of amides is 1. The summed E-state index contributed by atoms with van der Waals surface area (Å²) in [7, 11) is 0. The van der Waals surface area contributed by atoms with Crippen LogP contribution in [0.25, 0.3) is 0 Å². The number of hydrogen-bond donors (Lipinski definition) is 3. The van der Waals surface area contributed by atoms with Crippen molar-refractivity contribution in [2.24, 2.45) is 0 Å². The van der Waals surface area contributed by atoms with E-state index in [0.29, 0.717) is 5.56 Å². The lowest BCUT2D eigenvalue weighted by Gasteiger charge is -2.12. The number of carbonyl (C=O) groups excluding carboxylic acids is 1. The Morgan fingerprint density at radius 2 is 2.17 bits per heavy atom. The molecule has 1 aromatic carbocycles. The van der Waals surface area contributed by atoms with E-state index in [0.717, 1.165) is 0 Å². The van der Waals surface area contributed by atoms with Gasteiger partial charge in [0.05, 0.1) is 0 Å². The zero-order valence-corrected chi connectivity index (χ0v) is 9.80. The van der Waals surface area contributed by atoms with Gasteiger partial charge in [0.25, 0.3) is 5.91 Å². The molecule has 0 heterocycles. The molecule has 1 rings (SSSR count). The lowest BCUT2D eigenvalue weighted by molar-refractivity contribution is -0.139. The maximum absolute atomic E-state index is 11.7. The summed E-state index contributed by atoms with van der Waals surface area (Å²) in [6, 6.07) is 3.21. The van der Waals surface area contributed by atoms with E-state index in [1.54, 1.807) is 13.0 Å². The zero-order chi connectivity index (χ0) is 13.7. The summed E-state index contributed by atoms with van der Waals surface area (Å²) in [6.45, 7) is 1.69. The summed E-state index contributed by atoms with van der Waals surface area (Å²) in [6.07, 6.45) is 4.92. The third kappa shape index (κ3) is 3.25. The van der Waals surface area contributed by atoms with Crippen molar-refractivity contribution < 1.29 is 19.8 Å². The number of rotatable bonds is 4. The minimum Gasteiger partial charge on any atom is -0.508 e. The number of carboxylic acid groups (broad SMARTS) is 1. The van der Waals surface area contributed by atoms with Crippen molar-refractivity contribution in [3.8, 4) is 18.1 Å². The van der Waals surface area contributed by atoms with Crippen LogP contribution in [0.3, 0.4) is 0 Å². The highest BCUT2D eigenvalue weighted by molar-refractivity contribution is 5.97. The van der Waals surface area contributed by atoms with E-state index in [4.69, 9.17) is 11.5 Å². The van der Waals surface area contributed by atoms with Gasteiger partial charge in [-0.15, -0.1) is 12.3 Å². The van der Waals surface area contributed by atoms with Crippen LogP contribution in [0.15, 0.2) is 18.2 Å². The Bertz CT molecular complexity index is 516. The van der Waals surface area contributed by atoms with Crippen LogP contribution in [0, 0.1) is 19.3 Å². The molecular weight excluding hydrogens is 234 g/mol. The minimum atomic E-state index is -1.20. The van der Waals surface area contributed by atoms with Gasteiger partial charge < -0.3 is 15.5 Å². The fraction of sp³-hybridized carbons (Fsp3) is 0.231. The monoisotopic (exact) mass is 247 g/mol. The van der Waals surface area contributed by atoms with Crippen LogP contribution in [0.2, 0.25) is 0 Å². The fourth-order valence-electron chi connectivity index (χ4n) is 1.31. The van der Waals surface area contributed by atoms with Crippen LogP contribution < -0.4 is 5.32 Å². The molecule has 3 N–H and O–H groups in total. The van der Waals surface area contributed by atoms with Gasteiger partial charge in [-0.3, -0.25) is 4.79 Å². The number of terminal acetylenes is 1. The van der Waals surface area contributed by atoms with E-state index < -0.39 is 17.9 Å². The van der Waals surface area contributed by atoms with Gasteiger partial charge in [-0.05, 0) is 24.6 Å². The molecule has 0 aliphatic carbocycles. The van der Waals surface area contributed by atoms with Gasteiger partial charge in [-0.2, -0.15) is 0 Å². The van der Waals surface area contributed by atoms with Gasteiger partial charge >= 0.3 is 5.97 Å². The smallest absolute Gasteiger partial charge is 0.327 e. The predicted octanol–water partition coefficient (Wildman–Crippen LogP) is 0.907. The number of phenols is 1. The zero-order valence-electron chi connectivity index (χ0n) is 9.80. The number of aromatic hydroxyl groups is 1. The van der Waals surface area contributed by atoms with Crippen molar-refractivity contribution in [2.45, 2.75) is 19.4 Å². The summed E-state index contributed by atoms with van der Waals surface area (Å²) < 4.78 is 0. The van der Waals surface area contributed by atoms with Gasteiger partial charge in [0, 0.05) is 12.0 Å². The second-order valence-electron chi connectivity index (χ2n) is 3.77. The standard InChI is InChI=1S/C13H13NO4/c1-3-4-10(13(17)18)14-12(16)9-6-5-8(2)11(15)7-9/h1,5-7,10,15H,4H2,2H3,(H,14,16)(H,17,18). The van der Waals surface area contributed by atoms with Crippen molar-refractivity contribution >= 4 is 11.9 Å². The molecule has 0 aliphatic heterocycles. The highest BCUT2D eigenvalue weighted by Crippen LogP contribution is 2.17. The Hall–Kier alpha value is -2.48. The van der Waals surface area contributed by atoms with Crippen LogP contribution in [-0.2, 0) is 4.79 Å². The number of aryl methyl sites for hydroxylation is 1. The van der Waals surface area contributed by atoms with Crippen molar-refractivity contribution in [1.82, 2.24) is 5.32 Å². The lowest BCUT2D eigenvalue weighted by Crippen LogP contribution is -2.40. The van der Waals surface area contributed by atoms with E-state index >= 15 is 0 Å². The third-order valence-electron chi connectivity index (χ3n) is 2.40. The molecule has 1 aromatic rings. The summed E-state index contributed by atoms with van der Waals surface area (Å²) in [5.41, 5.74) is 0.811. The lowest BCUT2D eigenvalue weighted by atomic mass is 10.1. The van der Waals surface area contributed by atoms with Crippen molar-refractivity contribution in [1.29, 1.82) is 0 Å². The molecule has 0 saturated carbocycles. The molecule has 5 nitrogen and oxygen atoms in total. The molecule has 0 aliphatic rings. The average Bonchev–Trinajstić information content (AvgIpc) is 2.31. The Labute approximate surface area is 104 Å². The van der Waals surface area contributed by atoms with Crippen LogP contribution >= 0.6 is 0 Å². The highest BCUT2D eigenvalue weighted by atomic mass is 16.4. The molecule has 5 heteroatoms. The quantitative estimate of drug-likeness (QED) is 0.690. The average molecular weight is 247 g/mol. The Kier molecular flexibility index (Phi) is 4.33. The molecule has 94 valence electrons. The van der Waals surface area contributed by atoms with Crippen LogP contribution in [0.4, 0.5) is 0 Å². The molecule has 0 fully saturated rings. The second kappa shape index (κ2) is 5.73. The molecule has 0 radical (unpaired) electrons. The van der Waals surface area contributed by atoms with Crippen LogP contribution in [-0.4, -0.2) is 28.1 Å². The number of carbonyl (C=O) groups is 2. The molecule has 18 heavy (non-hydrogen) atoms. The van der Waals surface area contributed by atoms with Gasteiger partial charge in [-0.25, -0.2) is 4.79 Å². The maximum Gasteiger partial charge on any atom is 0.327 e. The summed E-state index contributed by atoms with van der Waals surface area (Å²) in [4.78, 5) is 22.6. The van der Waals surface area contributed by atoms with E-state index in [1.807, 2.05) is 0 Å². The van der Waals surface area contributed by atoms with Crippen molar-refractivity contribution in [3.63, 3.8) is 0 Å². The first kappa shape index (κ1) is 13.6. The SMILES string of the molecule is C#CCC(NC(=O)c1ccc(C)c(O)c1)C(=O)O. The number of hydrogen-bond acceptors (Lipinski definition) is 3. The molecule has 0 spiro atoms. The maximum atomic E-state index is 11.7. The predicted molar refractivity (Wildman–Crippen MR) is 65.2 cm³/mol. The molecule has 0 bridgehead atoms.